The lowest BCUT2D eigenvalue weighted by atomic mass is 10.1. The predicted octanol–water partition coefficient (Wildman–Crippen LogP) is 2.81. The molecule has 21 heavy (non-hydrogen) atoms. The van der Waals surface area contributed by atoms with Crippen LogP contribution in [0, 0.1) is 6.92 Å². The van der Waals surface area contributed by atoms with Crippen molar-refractivity contribution in [2.24, 2.45) is 0 Å². The number of methoxy groups -OCH3 is 1. The summed E-state index contributed by atoms with van der Waals surface area (Å²) in [5.74, 6) is 1.26. The van der Waals surface area contributed by atoms with Crippen molar-refractivity contribution < 1.29 is 14.3 Å². The van der Waals surface area contributed by atoms with Gasteiger partial charge in [0.25, 0.3) is 5.91 Å². The van der Waals surface area contributed by atoms with Crippen LogP contribution in [-0.4, -0.2) is 26.2 Å². The SMILES string of the molecule is COc1ccccc1OCCNC(=O)c1cccc(C)c1. The Morgan fingerprint density at radius 1 is 1.10 bits per heavy atom. The fourth-order valence-electron chi connectivity index (χ4n) is 1.95. The van der Waals surface area contributed by atoms with Crippen LogP contribution in [0.3, 0.4) is 0 Å². The van der Waals surface area contributed by atoms with Crippen molar-refractivity contribution in [1.29, 1.82) is 0 Å². The maximum absolute atomic E-state index is 11.9. The van der Waals surface area contributed by atoms with Crippen molar-refractivity contribution >= 4 is 5.91 Å². The summed E-state index contributed by atoms with van der Waals surface area (Å²) >= 11 is 0. The summed E-state index contributed by atoms with van der Waals surface area (Å²) in [6.45, 7) is 2.78. The Labute approximate surface area is 124 Å². The number of carbonyl (C=O) groups is 1. The molecule has 0 heterocycles. The van der Waals surface area contributed by atoms with Crippen LogP contribution in [-0.2, 0) is 0 Å². The van der Waals surface area contributed by atoms with Gasteiger partial charge in [0.2, 0.25) is 0 Å². The molecule has 2 aromatic carbocycles. The smallest absolute Gasteiger partial charge is 0.251 e. The van der Waals surface area contributed by atoms with Crippen LogP contribution >= 0.6 is 0 Å². The van der Waals surface area contributed by atoms with Gasteiger partial charge in [-0.3, -0.25) is 4.79 Å². The van der Waals surface area contributed by atoms with Crippen molar-refractivity contribution in [3.05, 3.63) is 59.7 Å². The van der Waals surface area contributed by atoms with E-state index >= 15 is 0 Å². The lowest BCUT2D eigenvalue weighted by molar-refractivity contribution is 0.0946. The molecular formula is C17H19NO3. The van der Waals surface area contributed by atoms with Gasteiger partial charge in [-0.25, -0.2) is 0 Å². The quantitative estimate of drug-likeness (QED) is 0.830. The van der Waals surface area contributed by atoms with E-state index in [9.17, 15) is 4.79 Å². The monoisotopic (exact) mass is 285 g/mol. The third-order valence-electron chi connectivity index (χ3n) is 2.99. The molecule has 0 aliphatic rings. The van der Waals surface area contributed by atoms with Gasteiger partial charge in [-0.15, -0.1) is 0 Å². The van der Waals surface area contributed by atoms with Gasteiger partial charge in [0.05, 0.1) is 13.7 Å². The number of amides is 1. The number of aryl methyl sites for hydroxylation is 1. The van der Waals surface area contributed by atoms with Gasteiger partial charge < -0.3 is 14.8 Å². The van der Waals surface area contributed by atoms with Crippen molar-refractivity contribution in [2.45, 2.75) is 6.92 Å². The maximum Gasteiger partial charge on any atom is 0.251 e. The summed E-state index contributed by atoms with van der Waals surface area (Å²) in [4.78, 5) is 11.9. The van der Waals surface area contributed by atoms with Gasteiger partial charge in [0.15, 0.2) is 11.5 Å². The molecule has 0 radical (unpaired) electrons. The van der Waals surface area contributed by atoms with Crippen molar-refractivity contribution in [1.82, 2.24) is 5.32 Å². The summed E-state index contributed by atoms with van der Waals surface area (Å²) < 4.78 is 10.8. The molecule has 0 spiro atoms. The first-order valence-electron chi connectivity index (χ1n) is 6.81. The highest BCUT2D eigenvalue weighted by Gasteiger charge is 2.05. The molecule has 0 saturated carbocycles. The summed E-state index contributed by atoms with van der Waals surface area (Å²) in [7, 11) is 1.60. The van der Waals surface area contributed by atoms with E-state index in [2.05, 4.69) is 5.32 Å². The number of nitrogens with one attached hydrogen (secondary N) is 1. The summed E-state index contributed by atoms with van der Waals surface area (Å²) in [6.07, 6.45) is 0. The minimum absolute atomic E-state index is 0.0951. The maximum atomic E-state index is 11.9. The van der Waals surface area contributed by atoms with E-state index in [1.807, 2.05) is 49.4 Å². The van der Waals surface area contributed by atoms with Crippen molar-refractivity contribution in [3.8, 4) is 11.5 Å². The Kier molecular flexibility index (Phi) is 5.21. The van der Waals surface area contributed by atoms with Crippen LogP contribution in [0.4, 0.5) is 0 Å². The number of ether oxygens (including phenoxy) is 2. The molecule has 1 N–H and O–H groups in total. The molecule has 1 amide bonds. The molecule has 0 atom stereocenters. The molecule has 110 valence electrons. The molecule has 4 heteroatoms. The van der Waals surface area contributed by atoms with E-state index in [0.29, 0.717) is 30.2 Å². The van der Waals surface area contributed by atoms with Gasteiger partial charge in [-0.1, -0.05) is 29.8 Å². The Balaban J connectivity index is 1.81. The lowest BCUT2D eigenvalue weighted by Crippen LogP contribution is -2.28. The molecule has 0 bridgehead atoms. The minimum atomic E-state index is -0.0951. The zero-order valence-electron chi connectivity index (χ0n) is 12.3. The molecular weight excluding hydrogens is 266 g/mol. The fraction of sp³-hybridized carbons (Fsp3) is 0.235. The molecule has 2 rings (SSSR count). The van der Waals surface area contributed by atoms with Crippen LogP contribution in [0.1, 0.15) is 15.9 Å². The Hall–Kier alpha value is -2.49. The first-order valence-corrected chi connectivity index (χ1v) is 6.81. The normalized spacial score (nSPS) is 10.0. The van der Waals surface area contributed by atoms with E-state index < -0.39 is 0 Å². The largest absolute Gasteiger partial charge is 0.493 e. The van der Waals surface area contributed by atoms with Crippen molar-refractivity contribution in [2.75, 3.05) is 20.3 Å². The second-order valence-corrected chi connectivity index (χ2v) is 4.62. The van der Waals surface area contributed by atoms with E-state index in [0.717, 1.165) is 5.56 Å². The number of rotatable bonds is 6. The van der Waals surface area contributed by atoms with Crippen molar-refractivity contribution in [3.63, 3.8) is 0 Å². The predicted molar refractivity (Wildman–Crippen MR) is 82.0 cm³/mol. The fourth-order valence-corrected chi connectivity index (χ4v) is 1.95. The van der Waals surface area contributed by atoms with Gasteiger partial charge in [-0.2, -0.15) is 0 Å². The van der Waals surface area contributed by atoms with E-state index in [4.69, 9.17) is 9.47 Å². The molecule has 4 nitrogen and oxygen atoms in total. The highest BCUT2D eigenvalue weighted by Crippen LogP contribution is 2.25. The van der Waals surface area contributed by atoms with Gasteiger partial charge >= 0.3 is 0 Å². The van der Waals surface area contributed by atoms with E-state index in [1.165, 1.54) is 0 Å². The van der Waals surface area contributed by atoms with Gasteiger partial charge in [0, 0.05) is 5.56 Å². The Bertz CT molecular complexity index is 610. The highest BCUT2D eigenvalue weighted by atomic mass is 16.5. The molecule has 0 fully saturated rings. The number of carbonyl (C=O) groups excluding carboxylic acids is 1. The molecule has 0 aliphatic carbocycles. The molecule has 0 aliphatic heterocycles. The molecule has 0 saturated heterocycles. The number of para-hydroxylation sites is 2. The van der Waals surface area contributed by atoms with Crippen LogP contribution in [0.25, 0.3) is 0 Å². The number of benzene rings is 2. The lowest BCUT2D eigenvalue weighted by Gasteiger charge is -2.11. The van der Waals surface area contributed by atoms with Gasteiger partial charge in [0.1, 0.15) is 6.61 Å². The van der Waals surface area contributed by atoms with Crippen LogP contribution in [0.15, 0.2) is 48.5 Å². The van der Waals surface area contributed by atoms with Gasteiger partial charge in [-0.05, 0) is 31.2 Å². The third-order valence-corrected chi connectivity index (χ3v) is 2.99. The van der Waals surface area contributed by atoms with E-state index in [-0.39, 0.29) is 5.91 Å². The first kappa shape index (κ1) is 14.9. The first-order chi connectivity index (χ1) is 10.2. The average molecular weight is 285 g/mol. The second kappa shape index (κ2) is 7.33. The average Bonchev–Trinajstić information content (AvgIpc) is 2.51. The Morgan fingerprint density at radius 2 is 1.86 bits per heavy atom. The topological polar surface area (TPSA) is 47.6 Å². The summed E-state index contributed by atoms with van der Waals surface area (Å²) in [5, 5.41) is 2.83. The second-order valence-electron chi connectivity index (χ2n) is 4.62. The molecule has 0 unspecified atom stereocenters. The minimum Gasteiger partial charge on any atom is -0.493 e. The molecule has 2 aromatic rings. The summed E-state index contributed by atoms with van der Waals surface area (Å²) in [6, 6.07) is 14.9. The van der Waals surface area contributed by atoms with Crippen LogP contribution in [0.5, 0.6) is 11.5 Å². The zero-order chi connectivity index (χ0) is 15.1. The van der Waals surface area contributed by atoms with Crippen LogP contribution in [0.2, 0.25) is 0 Å². The Morgan fingerprint density at radius 3 is 2.57 bits per heavy atom. The highest BCUT2D eigenvalue weighted by molar-refractivity contribution is 5.94. The molecule has 0 aromatic heterocycles. The standard InChI is InChI=1S/C17H19NO3/c1-13-6-5-7-14(12-13)17(19)18-10-11-21-16-9-4-3-8-15(16)20-2/h3-9,12H,10-11H2,1-2H3,(H,18,19). The summed E-state index contributed by atoms with van der Waals surface area (Å²) in [5.41, 5.74) is 1.72. The van der Waals surface area contributed by atoms with E-state index in [1.54, 1.807) is 13.2 Å². The van der Waals surface area contributed by atoms with Crippen LogP contribution < -0.4 is 14.8 Å². The number of hydrogen-bond donors (Lipinski definition) is 1. The number of hydrogen-bond acceptors (Lipinski definition) is 3. The zero-order valence-corrected chi connectivity index (χ0v) is 12.3. The third kappa shape index (κ3) is 4.24.